The fourth-order valence-electron chi connectivity index (χ4n) is 10.6. The number of rotatable bonds is 30. The van der Waals surface area contributed by atoms with Crippen LogP contribution in [0.15, 0.2) is 162 Å². The van der Waals surface area contributed by atoms with Gasteiger partial charge in [0.1, 0.15) is 18.1 Å². The van der Waals surface area contributed by atoms with Crippen molar-refractivity contribution in [1.82, 2.24) is 16.0 Å². The van der Waals surface area contributed by atoms with Gasteiger partial charge in [-0.2, -0.15) is 0 Å². The lowest BCUT2D eigenvalue weighted by atomic mass is 9.85. The molecule has 0 spiro atoms. The maximum absolute atomic E-state index is 14.0. The molecule has 12 N–H and O–H groups in total. The third-order valence-corrected chi connectivity index (χ3v) is 18.1. The number of carbonyl (C=O) groups is 6. The predicted octanol–water partition coefficient (Wildman–Crippen LogP) is 11.3. The van der Waals surface area contributed by atoms with Crippen LogP contribution in [0.25, 0.3) is 30.3 Å². The van der Waals surface area contributed by atoms with Crippen LogP contribution in [0.3, 0.4) is 0 Å². The van der Waals surface area contributed by atoms with Gasteiger partial charge in [0.05, 0.1) is 19.3 Å². The number of halogens is 1. The van der Waals surface area contributed by atoms with Crippen LogP contribution in [0.5, 0.6) is 0 Å². The zero-order valence-electron chi connectivity index (χ0n) is 47.8. The van der Waals surface area contributed by atoms with Crippen LogP contribution in [0, 0.1) is 0 Å². The SMILES string of the molecule is Cl.NCCCC[C@H](NC(=O)Cc1csc2ccccc12)C(=O)Nc1ccc(C(c2ccc(NC(=O)[C@H](CCCCN)NC(=O)Cc3csc4ccccc34)cc2)c2ccc(NC(=O)[C@H](CCCCN)NC(=O)Cc3csc4ccccc34)cc2)cc1. The molecule has 9 aromatic rings. The number of thiophene rings is 3. The van der Waals surface area contributed by atoms with E-state index in [0.717, 1.165) is 63.6 Å². The molecule has 0 radical (unpaired) electrons. The van der Waals surface area contributed by atoms with Crippen LogP contribution in [-0.4, -0.2) is 73.2 Å². The maximum Gasteiger partial charge on any atom is 0.246 e. The normalized spacial score (nSPS) is 12.3. The molecule has 0 unspecified atom stereocenters. The molecule has 86 heavy (non-hydrogen) atoms. The van der Waals surface area contributed by atoms with Gasteiger partial charge in [-0.3, -0.25) is 28.8 Å². The van der Waals surface area contributed by atoms with E-state index < -0.39 is 18.1 Å². The van der Waals surface area contributed by atoms with Crippen LogP contribution in [-0.2, 0) is 48.0 Å². The number of nitrogens with two attached hydrogens (primary N) is 3. The first-order chi connectivity index (χ1) is 41.5. The molecule has 3 heterocycles. The fraction of sp³-hybridized carbons (Fsp3) is 0.284. The second-order valence-electron chi connectivity index (χ2n) is 21.3. The summed E-state index contributed by atoms with van der Waals surface area (Å²) < 4.78 is 3.28. The van der Waals surface area contributed by atoms with Crippen LogP contribution in [0.1, 0.15) is 97.1 Å². The lowest BCUT2D eigenvalue weighted by Gasteiger charge is -2.22. The molecular formula is C67H74ClN9O6S3. The first-order valence-corrected chi connectivity index (χ1v) is 31.7. The second kappa shape index (κ2) is 32.1. The summed E-state index contributed by atoms with van der Waals surface area (Å²) in [7, 11) is 0. The number of hydrogen-bond donors (Lipinski definition) is 9. The summed E-state index contributed by atoms with van der Waals surface area (Å²) in [5.41, 5.74) is 24.5. The van der Waals surface area contributed by atoms with Crippen molar-refractivity contribution < 1.29 is 28.8 Å². The van der Waals surface area contributed by atoms with Crippen LogP contribution >= 0.6 is 46.4 Å². The molecule has 9 rings (SSSR count). The molecule has 0 aliphatic carbocycles. The number of unbranched alkanes of at least 4 members (excludes halogenated alkanes) is 3. The molecule has 0 saturated heterocycles. The van der Waals surface area contributed by atoms with E-state index in [9.17, 15) is 28.8 Å². The van der Waals surface area contributed by atoms with E-state index in [1.165, 1.54) is 0 Å². The first-order valence-electron chi connectivity index (χ1n) is 29.0. The Kier molecular flexibility index (Phi) is 23.9. The van der Waals surface area contributed by atoms with Gasteiger partial charge >= 0.3 is 0 Å². The summed E-state index contributed by atoms with van der Waals surface area (Å²) in [4.78, 5) is 82.5. The highest BCUT2D eigenvalue weighted by Gasteiger charge is 2.26. The van der Waals surface area contributed by atoms with Crippen molar-refractivity contribution in [3.63, 3.8) is 0 Å². The van der Waals surface area contributed by atoms with Gasteiger partial charge in [0.15, 0.2) is 0 Å². The monoisotopic (exact) mass is 1230 g/mol. The highest BCUT2D eigenvalue weighted by molar-refractivity contribution is 7.18. The Balaban J connectivity index is 0.00000961. The summed E-state index contributed by atoms with van der Waals surface area (Å²) in [5, 5.41) is 27.1. The maximum atomic E-state index is 14.0. The molecule has 3 atom stereocenters. The summed E-state index contributed by atoms with van der Waals surface area (Å²) in [5.74, 6) is -2.12. The Bertz CT molecular complexity index is 3330. The Morgan fingerprint density at radius 2 is 0.628 bits per heavy atom. The van der Waals surface area contributed by atoms with Crippen molar-refractivity contribution in [2.45, 2.75) is 101 Å². The Hall–Kier alpha value is -7.81. The van der Waals surface area contributed by atoms with E-state index in [2.05, 4.69) is 31.9 Å². The number of amides is 6. The van der Waals surface area contributed by atoms with Gasteiger partial charge in [-0.25, -0.2) is 0 Å². The Labute approximate surface area is 519 Å². The van der Waals surface area contributed by atoms with Crippen molar-refractivity contribution in [1.29, 1.82) is 0 Å². The van der Waals surface area contributed by atoms with Gasteiger partial charge in [0.2, 0.25) is 35.4 Å². The lowest BCUT2D eigenvalue weighted by Crippen LogP contribution is -2.44. The topological polar surface area (TPSA) is 253 Å². The summed E-state index contributed by atoms with van der Waals surface area (Å²) in [6.07, 6.45) is 5.76. The van der Waals surface area contributed by atoms with E-state index in [1.807, 2.05) is 162 Å². The Morgan fingerprint density at radius 1 is 0.360 bits per heavy atom. The molecule has 6 aromatic carbocycles. The highest BCUT2D eigenvalue weighted by Crippen LogP contribution is 2.35. The molecule has 448 valence electrons. The number of benzene rings is 6. The molecule has 0 bridgehead atoms. The molecular weight excluding hydrogens is 1160 g/mol. The zero-order chi connectivity index (χ0) is 59.5. The molecule has 0 saturated carbocycles. The van der Waals surface area contributed by atoms with Crippen LogP contribution in [0.4, 0.5) is 17.1 Å². The van der Waals surface area contributed by atoms with E-state index in [-0.39, 0.29) is 73.0 Å². The van der Waals surface area contributed by atoms with Gasteiger partial charge in [0, 0.05) is 37.1 Å². The van der Waals surface area contributed by atoms with Crippen LogP contribution in [0.2, 0.25) is 0 Å². The number of hydrogen-bond acceptors (Lipinski definition) is 12. The van der Waals surface area contributed by atoms with E-state index >= 15 is 0 Å². The van der Waals surface area contributed by atoms with Crippen LogP contribution < -0.4 is 49.1 Å². The zero-order valence-corrected chi connectivity index (χ0v) is 51.1. The van der Waals surface area contributed by atoms with Crippen molar-refractivity contribution >= 4 is 129 Å². The minimum Gasteiger partial charge on any atom is -0.344 e. The van der Waals surface area contributed by atoms with Crippen molar-refractivity contribution in [3.05, 3.63) is 195 Å². The van der Waals surface area contributed by atoms with Crippen molar-refractivity contribution in [2.24, 2.45) is 17.2 Å². The third kappa shape index (κ3) is 17.4. The molecule has 15 nitrogen and oxygen atoms in total. The summed E-state index contributed by atoms with van der Waals surface area (Å²) in [6, 6.07) is 44.1. The number of carbonyl (C=O) groups excluding carboxylic acids is 6. The second-order valence-corrected chi connectivity index (χ2v) is 24.0. The van der Waals surface area contributed by atoms with E-state index in [1.54, 1.807) is 34.0 Å². The smallest absolute Gasteiger partial charge is 0.246 e. The molecule has 3 aromatic heterocycles. The van der Waals surface area contributed by atoms with Crippen molar-refractivity contribution in [2.75, 3.05) is 35.6 Å². The predicted molar refractivity (Wildman–Crippen MR) is 355 cm³/mol. The molecule has 0 fully saturated rings. The van der Waals surface area contributed by atoms with Gasteiger partial charge < -0.3 is 49.1 Å². The van der Waals surface area contributed by atoms with E-state index in [4.69, 9.17) is 17.2 Å². The number of anilines is 3. The third-order valence-electron chi connectivity index (χ3n) is 15.1. The molecule has 0 aliphatic rings. The van der Waals surface area contributed by atoms with Gasteiger partial charge in [-0.1, -0.05) is 91.0 Å². The fourth-order valence-corrected chi connectivity index (χ4v) is 13.5. The first kappa shape index (κ1) is 64.2. The number of fused-ring (bicyclic) bond motifs is 3. The molecule has 19 heteroatoms. The standard InChI is InChI=1S/C67H73N9O6S3.ClH/c68-34-10-7-16-55(74-61(77)37-46-40-83-58-19-4-1-13-52(46)58)65(80)71-49-28-22-43(23-29-49)64(44-24-30-50(31-25-44)72-66(81)56(17-8-11-35-69)75-62(78)38-47-41-84-59-20-5-2-14-53(47)59)45-26-32-51(33-27-45)73-67(82)57(18-9-12-36-70)76-63(79)39-48-42-85-60-21-6-3-15-54(48)60;/h1-6,13-15,19-33,40-42,55-57,64H,7-12,16-18,34-39,68-70H2,(H,71,80)(H,72,81)(H,73,82)(H,74,77)(H,75,78)(H,76,79);1H/t55-,56-,57-;/m0./s1. The largest absolute Gasteiger partial charge is 0.344 e. The van der Waals surface area contributed by atoms with Gasteiger partial charge in [-0.15, -0.1) is 46.4 Å². The Morgan fingerprint density at radius 3 is 0.895 bits per heavy atom. The minimum atomic E-state index is -0.789. The lowest BCUT2D eigenvalue weighted by molar-refractivity contribution is -0.126. The average molecular weight is 1230 g/mol. The van der Waals surface area contributed by atoms with Gasteiger partial charge in [0.25, 0.3) is 0 Å². The van der Waals surface area contributed by atoms with Gasteiger partial charge in [-0.05, 0) is 198 Å². The van der Waals surface area contributed by atoms with E-state index in [0.29, 0.717) is 94.5 Å². The minimum absolute atomic E-state index is 0. The number of nitrogens with one attached hydrogen (secondary N) is 6. The van der Waals surface area contributed by atoms with Crippen molar-refractivity contribution in [3.8, 4) is 0 Å². The molecule has 0 aliphatic heterocycles. The average Bonchev–Trinajstić information content (AvgIpc) is 4.32. The quantitative estimate of drug-likeness (QED) is 0.0153. The molecule has 6 amide bonds. The summed E-state index contributed by atoms with van der Waals surface area (Å²) in [6.45, 7) is 1.40. The summed E-state index contributed by atoms with van der Waals surface area (Å²) >= 11 is 4.75. The highest BCUT2D eigenvalue weighted by atomic mass is 35.5.